The van der Waals surface area contributed by atoms with Crippen LogP contribution in [0.1, 0.15) is 39.0 Å². The lowest BCUT2D eigenvalue weighted by molar-refractivity contribution is -0.146. The fourth-order valence-electron chi connectivity index (χ4n) is 3.71. The summed E-state index contributed by atoms with van der Waals surface area (Å²) in [5.74, 6) is 2.68. The van der Waals surface area contributed by atoms with E-state index < -0.39 is 0 Å². The van der Waals surface area contributed by atoms with Crippen molar-refractivity contribution in [2.75, 3.05) is 37.7 Å². The maximum absolute atomic E-state index is 13.2. The van der Waals surface area contributed by atoms with Gasteiger partial charge in [-0.15, -0.1) is 0 Å². The van der Waals surface area contributed by atoms with Crippen LogP contribution in [0.5, 0.6) is 0 Å². The van der Waals surface area contributed by atoms with E-state index in [2.05, 4.69) is 17.1 Å². The number of hydrogen-bond donors (Lipinski definition) is 1. The molecule has 3 rings (SSSR count). The van der Waals surface area contributed by atoms with Gasteiger partial charge in [0.2, 0.25) is 5.91 Å². The Bertz CT molecular complexity index is 359. The molecular formula is C16H28N2O2S. The zero-order chi connectivity index (χ0) is 14.7. The normalized spacial score (nSPS) is 32.2. The standard InChI is InChI=1S/C16H28N2O2S/c1-16(5-7-17-8-6-16)15(19)18(13-4-10-21-12-13)11-14-3-2-9-20-14/h13-14,17H,2-12H2,1H3. The molecule has 0 bridgehead atoms. The van der Waals surface area contributed by atoms with E-state index in [-0.39, 0.29) is 11.5 Å². The molecule has 3 aliphatic rings. The summed E-state index contributed by atoms with van der Waals surface area (Å²) >= 11 is 1.98. The van der Waals surface area contributed by atoms with Crippen LogP contribution in [-0.2, 0) is 9.53 Å². The van der Waals surface area contributed by atoms with Crippen LogP contribution in [0.4, 0.5) is 0 Å². The van der Waals surface area contributed by atoms with E-state index in [1.165, 1.54) is 5.75 Å². The molecular weight excluding hydrogens is 284 g/mol. The van der Waals surface area contributed by atoms with E-state index in [0.717, 1.165) is 64.1 Å². The Hall–Kier alpha value is -0.260. The van der Waals surface area contributed by atoms with Gasteiger partial charge in [-0.25, -0.2) is 0 Å². The van der Waals surface area contributed by atoms with Crippen LogP contribution in [0, 0.1) is 5.41 Å². The largest absolute Gasteiger partial charge is 0.376 e. The van der Waals surface area contributed by atoms with Crippen LogP contribution in [-0.4, -0.2) is 60.7 Å². The fourth-order valence-corrected chi connectivity index (χ4v) is 4.94. The third kappa shape index (κ3) is 3.57. The molecule has 3 aliphatic heterocycles. The van der Waals surface area contributed by atoms with E-state index in [9.17, 15) is 4.79 Å². The summed E-state index contributed by atoms with van der Waals surface area (Å²) in [5, 5.41) is 3.38. The zero-order valence-electron chi connectivity index (χ0n) is 13.1. The van der Waals surface area contributed by atoms with Crippen LogP contribution in [0.2, 0.25) is 0 Å². The van der Waals surface area contributed by atoms with E-state index in [4.69, 9.17) is 4.74 Å². The Kier molecular flexibility index (Phi) is 5.12. The molecule has 0 aromatic carbocycles. The molecule has 1 N–H and O–H groups in total. The zero-order valence-corrected chi connectivity index (χ0v) is 13.9. The second-order valence-corrected chi connectivity index (χ2v) is 8.07. The molecule has 3 heterocycles. The van der Waals surface area contributed by atoms with Crippen LogP contribution in [0.15, 0.2) is 0 Å². The summed E-state index contributed by atoms with van der Waals surface area (Å²) in [7, 11) is 0. The van der Waals surface area contributed by atoms with Crippen molar-refractivity contribution in [2.45, 2.75) is 51.2 Å². The first-order valence-corrected chi connectivity index (χ1v) is 9.56. The van der Waals surface area contributed by atoms with Gasteiger partial charge in [-0.1, -0.05) is 6.92 Å². The topological polar surface area (TPSA) is 41.6 Å². The van der Waals surface area contributed by atoms with E-state index in [1.807, 2.05) is 11.8 Å². The number of rotatable bonds is 4. The average Bonchev–Trinajstić information content (AvgIpc) is 3.18. The SMILES string of the molecule is CC1(C(=O)N(CC2CCCO2)C2CCSC2)CCNCC1. The molecule has 4 nitrogen and oxygen atoms in total. The van der Waals surface area contributed by atoms with Crippen molar-refractivity contribution in [1.82, 2.24) is 10.2 Å². The highest BCUT2D eigenvalue weighted by Gasteiger charge is 2.41. The second kappa shape index (κ2) is 6.88. The Morgan fingerprint density at radius 1 is 1.38 bits per heavy atom. The molecule has 0 saturated carbocycles. The van der Waals surface area contributed by atoms with E-state index in [0.29, 0.717) is 11.9 Å². The first-order chi connectivity index (χ1) is 10.2. The number of amides is 1. The number of carbonyl (C=O) groups is 1. The fraction of sp³-hybridized carbons (Fsp3) is 0.938. The van der Waals surface area contributed by atoms with E-state index in [1.54, 1.807) is 0 Å². The number of nitrogens with zero attached hydrogens (tertiary/aromatic N) is 1. The molecule has 3 fully saturated rings. The lowest BCUT2D eigenvalue weighted by Gasteiger charge is -2.40. The monoisotopic (exact) mass is 312 g/mol. The summed E-state index contributed by atoms with van der Waals surface area (Å²) in [6, 6.07) is 0.429. The molecule has 0 spiro atoms. The smallest absolute Gasteiger partial charge is 0.228 e. The number of nitrogens with one attached hydrogen (secondary N) is 1. The molecule has 120 valence electrons. The molecule has 0 aromatic rings. The van der Waals surface area contributed by atoms with Crippen molar-refractivity contribution < 1.29 is 9.53 Å². The molecule has 0 radical (unpaired) electrons. The highest BCUT2D eigenvalue weighted by atomic mass is 32.2. The summed E-state index contributed by atoms with van der Waals surface area (Å²) in [6.45, 7) is 5.78. The van der Waals surface area contributed by atoms with Gasteiger partial charge in [0.05, 0.1) is 6.10 Å². The van der Waals surface area contributed by atoms with Crippen LogP contribution in [0.25, 0.3) is 0 Å². The number of carbonyl (C=O) groups excluding carboxylic acids is 1. The third-order valence-electron chi connectivity index (χ3n) is 5.26. The van der Waals surface area contributed by atoms with Gasteiger partial charge in [0, 0.05) is 30.4 Å². The van der Waals surface area contributed by atoms with Gasteiger partial charge in [0.25, 0.3) is 0 Å². The molecule has 1 amide bonds. The van der Waals surface area contributed by atoms with E-state index >= 15 is 0 Å². The lowest BCUT2D eigenvalue weighted by Crippen LogP contribution is -2.53. The van der Waals surface area contributed by atoms with Crippen molar-refractivity contribution in [3.8, 4) is 0 Å². The summed E-state index contributed by atoms with van der Waals surface area (Å²) < 4.78 is 5.80. The Morgan fingerprint density at radius 2 is 2.19 bits per heavy atom. The predicted molar refractivity (Wildman–Crippen MR) is 86.6 cm³/mol. The summed E-state index contributed by atoms with van der Waals surface area (Å²) in [5.41, 5.74) is -0.170. The van der Waals surface area contributed by atoms with Gasteiger partial charge in [-0.3, -0.25) is 4.79 Å². The summed E-state index contributed by atoms with van der Waals surface area (Å²) in [4.78, 5) is 15.4. The molecule has 21 heavy (non-hydrogen) atoms. The van der Waals surface area contributed by atoms with Crippen molar-refractivity contribution in [3.05, 3.63) is 0 Å². The van der Waals surface area contributed by atoms with Gasteiger partial charge in [0.15, 0.2) is 0 Å². The van der Waals surface area contributed by atoms with Gasteiger partial charge in [-0.2, -0.15) is 11.8 Å². The van der Waals surface area contributed by atoms with Crippen LogP contribution in [0.3, 0.4) is 0 Å². The maximum atomic E-state index is 13.2. The Labute approximate surface area is 132 Å². The highest BCUT2D eigenvalue weighted by Crippen LogP contribution is 2.34. The first kappa shape index (κ1) is 15.6. The first-order valence-electron chi connectivity index (χ1n) is 8.40. The van der Waals surface area contributed by atoms with Crippen LogP contribution < -0.4 is 5.32 Å². The lowest BCUT2D eigenvalue weighted by atomic mass is 9.79. The quantitative estimate of drug-likeness (QED) is 0.861. The minimum absolute atomic E-state index is 0.170. The second-order valence-electron chi connectivity index (χ2n) is 6.92. The van der Waals surface area contributed by atoms with Crippen molar-refractivity contribution in [3.63, 3.8) is 0 Å². The third-order valence-corrected chi connectivity index (χ3v) is 6.40. The predicted octanol–water partition coefficient (Wildman–Crippen LogP) is 1.89. The number of ether oxygens (including phenoxy) is 1. The number of hydrogen-bond acceptors (Lipinski definition) is 4. The number of piperidine rings is 1. The molecule has 3 saturated heterocycles. The molecule has 2 unspecified atom stereocenters. The van der Waals surface area contributed by atoms with Gasteiger partial charge in [-0.05, 0) is 50.9 Å². The minimum Gasteiger partial charge on any atom is -0.376 e. The van der Waals surface area contributed by atoms with Gasteiger partial charge in [0.1, 0.15) is 0 Å². The van der Waals surface area contributed by atoms with Gasteiger partial charge >= 0.3 is 0 Å². The van der Waals surface area contributed by atoms with Crippen molar-refractivity contribution >= 4 is 17.7 Å². The molecule has 2 atom stereocenters. The highest BCUT2D eigenvalue weighted by molar-refractivity contribution is 7.99. The summed E-state index contributed by atoms with van der Waals surface area (Å²) in [6.07, 6.45) is 5.61. The molecule has 0 aromatic heterocycles. The van der Waals surface area contributed by atoms with Gasteiger partial charge < -0.3 is 15.0 Å². The minimum atomic E-state index is -0.170. The van der Waals surface area contributed by atoms with Crippen LogP contribution >= 0.6 is 11.8 Å². The van der Waals surface area contributed by atoms with Crippen molar-refractivity contribution in [2.24, 2.45) is 5.41 Å². The Morgan fingerprint density at radius 3 is 2.81 bits per heavy atom. The molecule has 0 aliphatic carbocycles. The number of thioether (sulfide) groups is 1. The Balaban J connectivity index is 1.71. The van der Waals surface area contributed by atoms with Crippen molar-refractivity contribution in [1.29, 1.82) is 0 Å². The maximum Gasteiger partial charge on any atom is 0.228 e. The molecule has 5 heteroatoms. The average molecular weight is 312 g/mol.